The molecule has 0 aromatic heterocycles. The van der Waals surface area contributed by atoms with Crippen molar-refractivity contribution in [1.82, 2.24) is 4.90 Å². The number of carbonyl (C=O) groups excluding carboxylic acids is 1. The lowest BCUT2D eigenvalue weighted by molar-refractivity contribution is -0.132. The molecular weight excluding hydrogens is 252 g/mol. The number of rotatable bonds is 3. The number of amides is 1. The van der Waals surface area contributed by atoms with Crippen LogP contribution in [0.25, 0.3) is 0 Å². The van der Waals surface area contributed by atoms with Gasteiger partial charge in [-0.25, -0.2) is 0 Å². The van der Waals surface area contributed by atoms with Gasteiger partial charge in [0.2, 0.25) is 5.91 Å². The molecule has 1 aliphatic heterocycles. The van der Waals surface area contributed by atoms with Crippen molar-refractivity contribution in [1.29, 1.82) is 0 Å². The third-order valence-electron chi connectivity index (χ3n) is 4.74. The number of likely N-dealkylation sites (tertiary alicyclic amines) is 1. The van der Waals surface area contributed by atoms with E-state index in [0.717, 1.165) is 25.3 Å². The van der Waals surface area contributed by atoms with Gasteiger partial charge < -0.3 is 15.4 Å². The van der Waals surface area contributed by atoms with Crippen molar-refractivity contribution < 1.29 is 9.53 Å². The molecule has 1 fully saturated rings. The lowest BCUT2D eigenvalue weighted by atomic mass is 9.68. The first-order valence-corrected chi connectivity index (χ1v) is 7.13. The molecule has 0 aliphatic carbocycles. The summed E-state index contributed by atoms with van der Waals surface area (Å²) in [5, 5.41) is 0. The molecule has 1 aromatic rings. The minimum atomic E-state index is 0.0459. The van der Waals surface area contributed by atoms with E-state index in [0.29, 0.717) is 5.92 Å². The zero-order valence-electron chi connectivity index (χ0n) is 12.6. The standard InChI is InChI=1S/C16H24N2O2/c1-12-11-18(15(19)10-17)8-7-16(12,2)13-5-4-6-14(9-13)20-3/h4-6,9,12H,7-8,10-11,17H2,1-3H3/t12-,16+/m0/s1. The minimum Gasteiger partial charge on any atom is -0.497 e. The zero-order valence-corrected chi connectivity index (χ0v) is 12.6. The second-order valence-corrected chi connectivity index (χ2v) is 5.84. The maximum absolute atomic E-state index is 11.7. The van der Waals surface area contributed by atoms with Gasteiger partial charge in [-0.1, -0.05) is 26.0 Å². The summed E-state index contributed by atoms with van der Waals surface area (Å²) in [5.74, 6) is 1.32. The van der Waals surface area contributed by atoms with Crippen LogP contribution in [0, 0.1) is 5.92 Å². The Hall–Kier alpha value is -1.55. The normalized spacial score (nSPS) is 26.4. The molecule has 0 radical (unpaired) electrons. The van der Waals surface area contributed by atoms with Crippen LogP contribution < -0.4 is 10.5 Å². The molecule has 2 N–H and O–H groups in total. The Morgan fingerprint density at radius 1 is 1.55 bits per heavy atom. The first-order valence-electron chi connectivity index (χ1n) is 7.13. The Labute approximate surface area is 120 Å². The molecule has 1 aromatic carbocycles. The summed E-state index contributed by atoms with van der Waals surface area (Å²) in [4.78, 5) is 13.6. The molecule has 0 bridgehead atoms. The number of nitrogens with zero attached hydrogens (tertiary/aromatic N) is 1. The van der Waals surface area contributed by atoms with Crippen LogP contribution in [0.4, 0.5) is 0 Å². The highest BCUT2D eigenvalue weighted by Gasteiger charge is 2.39. The summed E-state index contributed by atoms with van der Waals surface area (Å²) in [6, 6.07) is 8.25. The van der Waals surface area contributed by atoms with E-state index >= 15 is 0 Å². The molecule has 20 heavy (non-hydrogen) atoms. The van der Waals surface area contributed by atoms with Crippen molar-refractivity contribution in [3.05, 3.63) is 29.8 Å². The highest BCUT2D eigenvalue weighted by atomic mass is 16.5. The monoisotopic (exact) mass is 276 g/mol. The average molecular weight is 276 g/mol. The van der Waals surface area contributed by atoms with E-state index < -0.39 is 0 Å². The summed E-state index contributed by atoms with van der Waals surface area (Å²) < 4.78 is 5.32. The van der Waals surface area contributed by atoms with Crippen LogP contribution >= 0.6 is 0 Å². The van der Waals surface area contributed by atoms with Crippen molar-refractivity contribution in [3.63, 3.8) is 0 Å². The van der Waals surface area contributed by atoms with Gasteiger partial charge in [-0.05, 0) is 35.4 Å². The number of piperidine rings is 1. The molecule has 2 atom stereocenters. The molecule has 1 amide bonds. The predicted octanol–water partition coefficient (Wildman–Crippen LogP) is 1.78. The molecule has 0 saturated carbocycles. The van der Waals surface area contributed by atoms with Gasteiger partial charge in [0.05, 0.1) is 13.7 Å². The Bertz CT molecular complexity index is 489. The maximum Gasteiger partial charge on any atom is 0.236 e. The number of carbonyl (C=O) groups is 1. The molecule has 1 saturated heterocycles. The van der Waals surface area contributed by atoms with Crippen molar-refractivity contribution in [2.24, 2.45) is 11.7 Å². The van der Waals surface area contributed by atoms with Crippen LogP contribution in [0.15, 0.2) is 24.3 Å². The highest BCUT2D eigenvalue weighted by molar-refractivity contribution is 5.78. The topological polar surface area (TPSA) is 55.6 Å². The Balaban J connectivity index is 2.21. The highest BCUT2D eigenvalue weighted by Crippen LogP contribution is 2.40. The van der Waals surface area contributed by atoms with Gasteiger partial charge in [-0.3, -0.25) is 4.79 Å². The van der Waals surface area contributed by atoms with Crippen LogP contribution in [-0.2, 0) is 10.2 Å². The van der Waals surface area contributed by atoms with Gasteiger partial charge in [-0.15, -0.1) is 0 Å². The van der Waals surface area contributed by atoms with E-state index in [4.69, 9.17) is 10.5 Å². The largest absolute Gasteiger partial charge is 0.497 e. The summed E-state index contributed by atoms with van der Waals surface area (Å²) in [7, 11) is 1.69. The van der Waals surface area contributed by atoms with E-state index in [9.17, 15) is 4.79 Å². The van der Waals surface area contributed by atoms with Crippen molar-refractivity contribution in [3.8, 4) is 5.75 Å². The molecular formula is C16H24N2O2. The summed E-state index contributed by atoms with van der Waals surface area (Å²) in [6.07, 6.45) is 0.951. The van der Waals surface area contributed by atoms with E-state index in [-0.39, 0.29) is 17.9 Å². The number of hydrogen-bond donors (Lipinski definition) is 1. The van der Waals surface area contributed by atoms with E-state index in [1.54, 1.807) is 7.11 Å². The molecule has 1 heterocycles. The fraction of sp³-hybridized carbons (Fsp3) is 0.562. The third kappa shape index (κ3) is 2.66. The van der Waals surface area contributed by atoms with Crippen LogP contribution in [-0.4, -0.2) is 37.6 Å². The zero-order chi connectivity index (χ0) is 14.8. The molecule has 110 valence electrons. The molecule has 2 rings (SSSR count). The minimum absolute atomic E-state index is 0.0459. The Kier molecular flexibility index (Phi) is 4.33. The molecule has 0 spiro atoms. The van der Waals surface area contributed by atoms with E-state index in [1.807, 2.05) is 17.0 Å². The Morgan fingerprint density at radius 3 is 2.90 bits per heavy atom. The SMILES string of the molecule is COc1cccc([C@]2(C)CCN(C(=O)CN)C[C@@H]2C)c1. The van der Waals surface area contributed by atoms with Gasteiger partial charge in [0, 0.05) is 13.1 Å². The third-order valence-corrected chi connectivity index (χ3v) is 4.74. The van der Waals surface area contributed by atoms with E-state index in [2.05, 4.69) is 26.0 Å². The van der Waals surface area contributed by atoms with Crippen LogP contribution in [0.3, 0.4) is 0 Å². The van der Waals surface area contributed by atoms with Gasteiger partial charge in [-0.2, -0.15) is 0 Å². The lowest BCUT2D eigenvalue weighted by Gasteiger charge is -2.45. The fourth-order valence-corrected chi connectivity index (χ4v) is 3.00. The number of hydrogen-bond acceptors (Lipinski definition) is 3. The number of ether oxygens (including phenoxy) is 1. The van der Waals surface area contributed by atoms with Gasteiger partial charge in [0.15, 0.2) is 0 Å². The summed E-state index contributed by atoms with van der Waals surface area (Å²) in [5.41, 5.74) is 6.81. The van der Waals surface area contributed by atoms with E-state index in [1.165, 1.54) is 5.56 Å². The molecule has 1 aliphatic rings. The van der Waals surface area contributed by atoms with Crippen LogP contribution in [0.1, 0.15) is 25.8 Å². The summed E-state index contributed by atoms with van der Waals surface area (Å²) >= 11 is 0. The molecule has 4 nitrogen and oxygen atoms in total. The van der Waals surface area contributed by atoms with Gasteiger partial charge >= 0.3 is 0 Å². The smallest absolute Gasteiger partial charge is 0.236 e. The fourth-order valence-electron chi connectivity index (χ4n) is 3.00. The van der Waals surface area contributed by atoms with Crippen molar-refractivity contribution >= 4 is 5.91 Å². The Morgan fingerprint density at radius 2 is 2.30 bits per heavy atom. The predicted molar refractivity (Wildman–Crippen MR) is 79.8 cm³/mol. The van der Waals surface area contributed by atoms with Crippen LogP contribution in [0.5, 0.6) is 5.75 Å². The lowest BCUT2D eigenvalue weighted by Crippen LogP contribution is -2.50. The van der Waals surface area contributed by atoms with Crippen LogP contribution in [0.2, 0.25) is 0 Å². The quantitative estimate of drug-likeness (QED) is 0.915. The number of methoxy groups -OCH3 is 1. The second-order valence-electron chi connectivity index (χ2n) is 5.84. The first kappa shape index (κ1) is 14.9. The number of benzene rings is 1. The van der Waals surface area contributed by atoms with Crippen molar-refractivity contribution in [2.75, 3.05) is 26.7 Å². The maximum atomic E-state index is 11.7. The molecule has 4 heteroatoms. The number of nitrogens with two attached hydrogens (primary N) is 1. The average Bonchev–Trinajstić information content (AvgIpc) is 2.49. The van der Waals surface area contributed by atoms with Gasteiger partial charge in [0.1, 0.15) is 5.75 Å². The second kappa shape index (κ2) is 5.83. The molecule has 0 unspecified atom stereocenters. The van der Waals surface area contributed by atoms with Crippen molar-refractivity contribution in [2.45, 2.75) is 25.7 Å². The van der Waals surface area contributed by atoms with Gasteiger partial charge in [0.25, 0.3) is 0 Å². The summed E-state index contributed by atoms with van der Waals surface area (Å²) in [6.45, 7) is 6.12. The first-order chi connectivity index (χ1) is 9.51.